The first-order valence-electron chi connectivity index (χ1n) is 14.5. The van der Waals surface area contributed by atoms with Crippen LogP contribution in [0, 0.1) is 0 Å². The third-order valence-electron chi connectivity index (χ3n) is 8.31. The summed E-state index contributed by atoms with van der Waals surface area (Å²) in [4.78, 5) is 2.68. The summed E-state index contributed by atoms with van der Waals surface area (Å²) in [6, 6.07) is 49.5. The molecule has 0 aliphatic carbocycles. The van der Waals surface area contributed by atoms with E-state index in [0.717, 1.165) is 19.6 Å². The Labute approximate surface area is 238 Å². The summed E-state index contributed by atoms with van der Waals surface area (Å²) in [6.07, 6.45) is 3.69. The van der Waals surface area contributed by atoms with Gasteiger partial charge in [-0.1, -0.05) is 133 Å². The SMILES string of the molecule is c1ccc(P(CCCCN2Cc3ccc4ccccc4c3-c3c(ccc4ccccc34)C2)c2ccccc2)cc1. The van der Waals surface area contributed by atoms with Crippen LogP contribution in [0.1, 0.15) is 24.0 Å². The molecule has 0 N–H and O–H groups in total. The van der Waals surface area contributed by atoms with Crippen LogP contribution in [0.25, 0.3) is 32.7 Å². The van der Waals surface area contributed by atoms with E-state index in [4.69, 9.17) is 0 Å². The maximum Gasteiger partial charge on any atom is 0.0243 e. The number of benzene rings is 6. The topological polar surface area (TPSA) is 3.24 Å². The minimum absolute atomic E-state index is 0.328. The van der Waals surface area contributed by atoms with Gasteiger partial charge in [0.1, 0.15) is 0 Å². The molecule has 7 rings (SSSR count). The first kappa shape index (κ1) is 25.2. The van der Waals surface area contributed by atoms with Gasteiger partial charge in [0, 0.05) is 13.1 Å². The molecule has 40 heavy (non-hydrogen) atoms. The van der Waals surface area contributed by atoms with Gasteiger partial charge in [-0.3, -0.25) is 4.90 Å². The van der Waals surface area contributed by atoms with Gasteiger partial charge in [-0.05, 0) is 87.9 Å². The molecular formula is C38H34NP. The third-order valence-corrected chi connectivity index (χ3v) is 10.9. The summed E-state index contributed by atoms with van der Waals surface area (Å²) < 4.78 is 0. The Bertz CT molecular complexity index is 1630. The van der Waals surface area contributed by atoms with Crippen molar-refractivity contribution in [2.24, 2.45) is 0 Å². The van der Waals surface area contributed by atoms with Crippen molar-refractivity contribution in [1.29, 1.82) is 0 Å². The van der Waals surface area contributed by atoms with Gasteiger partial charge in [-0.25, -0.2) is 0 Å². The fraction of sp³-hybridized carbons (Fsp3) is 0.158. The van der Waals surface area contributed by atoms with Crippen LogP contribution in [0.5, 0.6) is 0 Å². The number of hydrogen-bond donors (Lipinski definition) is 0. The molecule has 0 saturated carbocycles. The van der Waals surface area contributed by atoms with E-state index in [1.165, 1.54) is 73.4 Å². The van der Waals surface area contributed by atoms with Crippen molar-refractivity contribution in [3.63, 3.8) is 0 Å². The lowest BCUT2D eigenvalue weighted by atomic mass is 9.88. The number of rotatable bonds is 7. The molecule has 1 nitrogen and oxygen atoms in total. The fourth-order valence-electron chi connectivity index (χ4n) is 6.41. The highest BCUT2D eigenvalue weighted by atomic mass is 31.1. The second kappa shape index (κ2) is 11.4. The molecule has 0 saturated heterocycles. The summed E-state index contributed by atoms with van der Waals surface area (Å²) in [5.41, 5.74) is 5.77. The smallest absolute Gasteiger partial charge is 0.0243 e. The van der Waals surface area contributed by atoms with E-state index >= 15 is 0 Å². The summed E-state index contributed by atoms with van der Waals surface area (Å²) in [7, 11) is -0.328. The highest BCUT2D eigenvalue weighted by Crippen LogP contribution is 2.42. The average Bonchev–Trinajstić information content (AvgIpc) is 3.19. The van der Waals surface area contributed by atoms with Crippen molar-refractivity contribution in [3.05, 3.63) is 145 Å². The Kier molecular flexibility index (Phi) is 7.17. The van der Waals surface area contributed by atoms with Crippen molar-refractivity contribution in [3.8, 4) is 11.1 Å². The summed E-state index contributed by atoms with van der Waals surface area (Å²) >= 11 is 0. The van der Waals surface area contributed by atoms with Gasteiger partial charge in [-0.2, -0.15) is 0 Å². The van der Waals surface area contributed by atoms with Gasteiger partial charge in [0.2, 0.25) is 0 Å². The molecule has 0 radical (unpaired) electrons. The molecule has 1 aliphatic heterocycles. The molecule has 6 aromatic carbocycles. The van der Waals surface area contributed by atoms with E-state index < -0.39 is 0 Å². The summed E-state index contributed by atoms with van der Waals surface area (Å²) in [5, 5.41) is 8.36. The van der Waals surface area contributed by atoms with E-state index in [1.807, 2.05) is 0 Å². The molecule has 0 aromatic heterocycles. The standard InChI is InChI=1S/C38H34NP/c1-3-15-33(16-4-1)40(34-17-5-2-6-18-34)26-12-11-25-39-27-31-23-21-29-13-7-9-19-35(29)37(31)38-32(28-39)24-22-30-14-8-10-20-36(30)38/h1-10,13-24H,11-12,25-28H2. The molecule has 1 heterocycles. The Morgan fingerprint density at radius 2 is 0.950 bits per heavy atom. The first-order valence-corrected chi connectivity index (χ1v) is 16.0. The largest absolute Gasteiger partial charge is 0.295 e. The second-order valence-electron chi connectivity index (χ2n) is 10.9. The predicted molar refractivity (Wildman–Crippen MR) is 174 cm³/mol. The zero-order valence-electron chi connectivity index (χ0n) is 22.8. The number of nitrogens with zero attached hydrogens (tertiary/aromatic N) is 1. The molecule has 0 fully saturated rings. The number of hydrogen-bond acceptors (Lipinski definition) is 1. The zero-order chi connectivity index (χ0) is 26.7. The number of fused-ring (bicyclic) bond motifs is 7. The third kappa shape index (κ3) is 4.97. The lowest BCUT2D eigenvalue weighted by Gasteiger charge is -2.23. The summed E-state index contributed by atoms with van der Waals surface area (Å²) in [6.45, 7) is 3.11. The van der Waals surface area contributed by atoms with Crippen molar-refractivity contribution < 1.29 is 0 Å². The molecule has 0 amide bonds. The van der Waals surface area contributed by atoms with Crippen molar-refractivity contribution in [1.82, 2.24) is 4.90 Å². The van der Waals surface area contributed by atoms with Crippen LogP contribution in [-0.4, -0.2) is 17.6 Å². The van der Waals surface area contributed by atoms with Crippen LogP contribution >= 0.6 is 7.92 Å². The minimum Gasteiger partial charge on any atom is -0.295 e. The molecule has 0 unspecified atom stereocenters. The van der Waals surface area contributed by atoms with E-state index in [2.05, 4.69) is 138 Å². The van der Waals surface area contributed by atoms with Crippen molar-refractivity contribution in [2.75, 3.05) is 12.7 Å². The van der Waals surface area contributed by atoms with Crippen LogP contribution in [0.2, 0.25) is 0 Å². The van der Waals surface area contributed by atoms with Crippen molar-refractivity contribution in [2.45, 2.75) is 25.9 Å². The Hall–Kier alpha value is -3.77. The lowest BCUT2D eigenvalue weighted by Crippen LogP contribution is -2.23. The second-order valence-corrected chi connectivity index (χ2v) is 13.2. The molecule has 0 bridgehead atoms. The quantitative estimate of drug-likeness (QED) is 0.146. The normalized spacial score (nSPS) is 13.3. The van der Waals surface area contributed by atoms with E-state index in [1.54, 1.807) is 0 Å². The van der Waals surface area contributed by atoms with Crippen LogP contribution in [-0.2, 0) is 13.1 Å². The van der Waals surface area contributed by atoms with Crippen LogP contribution in [0.4, 0.5) is 0 Å². The molecule has 0 atom stereocenters. The van der Waals surface area contributed by atoms with Gasteiger partial charge < -0.3 is 0 Å². The van der Waals surface area contributed by atoms with Crippen molar-refractivity contribution >= 4 is 40.1 Å². The maximum atomic E-state index is 2.68. The highest BCUT2D eigenvalue weighted by Gasteiger charge is 2.23. The molecule has 2 heteroatoms. The maximum absolute atomic E-state index is 2.68. The first-order chi connectivity index (χ1) is 19.8. The van der Waals surface area contributed by atoms with Crippen LogP contribution in [0.3, 0.4) is 0 Å². The van der Waals surface area contributed by atoms with Gasteiger partial charge in [0.05, 0.1) is 0 Å². The van der Waals surface area contributed by atoms with Gasteiger partial charge in [-0.15, -0.1) is 0 Å². The summed E-state index contributed by atoms with van der Waals surface area (Å²) in [5.74, 6) is 0. The Morgan fingerprint density at radius 1 is 0.475 bits per heavy atom. The molecule has 0 spiro atoms. The zero-order valence-corrected chi connectivity index (χ0v) is 23.7. The lowest BCUT2D eigenvalue weighted by molar-refractivity contribution is 0.256. The van der Waals surface area contributed by atoms with Gasteiger partial charge in [0.15, 0.2) is 0 Å². The van der Waals surface area contributed by atoms with Gasteiger partial charge >= 0.3 is 0 Å². The molecular weight excluding hydrogens is 501 g/mol. The monoisotopic (exact) mass is 535 g/mol. The van der Waals surface area contributed by atoms with E-state index in [0.29, 0.717) is 0 Å². The molecule has 6 aromatic rings. The van der Waals surface area contributed by atoms with Gasteiger partial charge in [0.25, 0.3) is 0 Å². The van der Waals surface area contributed by atoms with E-state index in [-0.39, 0.29) is 7.92 Å². The fourth-order valence-corrected chi connectivity index (χ4v) is 8.83. The van der Waals surface area contributed by atoms with E-state index in [9.17, 15) is 0 Å². The Balaban J connectivity index is 1.17. The van der Waals surface area contributed by atoms with Crippen LogP contribution in [0.15, 0.2) is 133 Å². The highest BCUT2D eigenvalue weighted by molar-refractivity contribution is 7.73. The average molecular weight is 536 g/mol. The van der Waals surface area contributed by atoms with Crippen LogP contribution < -0.4 is 10.6 Å². The minimum atomic E-state index is -0.328. The predicted octanol–water partition coefficient (Wildman–Crippen LogP) is 8.89. The Morgan fingerprint density at radius 3 is 1.48 bits per heavy atom. The molecule has 196 valence electrons. The number of unbranched alkanes of at least 4 members (excludes halogenated alkanes) is 1. The molecule has 1 aliphatic rings.